The Labute approximate surface area is 145 Å². The lowest BCUT2D eigenvalue weighted by Crippen LogP contribution is -2.48. The molecule has 2 N–H and O–H groups in total. The number of hydrogen-bond acceptors (Lipinski definition) is 4. The van der Waals surface area contributed by atoms with Gasteiger partial charge in [-0.1, -0.05) is 6.92 Å². The predicted octanol–water partition coefficient (Wildman–Crippen LogP) is 1.78. The molecule has 3 rings (SSSR count). The van der Waals surface area contributed by atoms with Crippen LogP contribution in [0.3, 0.4) is 0 Å². The molecule has 0 radical (unpaired) electrons. The molecule has 2 fully saturated rings. The van der Waals surface area contributed by atoms with E-state index in [9.17, 15) is 4.79 Å². The van der Waals surface area contributed by atoms with Gasteiger partial charge in [-0.3, -0.25) is 4.79 Å². The highest BCUT2D eigenvalue weighted by molar-refractivity contribution is 5.94. The zero-order chi connectivity index (χ0) is 17.1. The first kappa shape index (κ1) is 17.2. The fourth-order valence-electron chi connectivity index (χ4n) is 3.81. The molecule has 0 unspecified atom stereocenters. The predicted molar refractivity (Wildman–Crippen MR) is 98.5 cm³/mol. The molecule has 0 saturated carbocycles. The van der Waals surface area contributed by atoms with E-state index < -0.39 is 0 Å². The summed E-state index contributed by atoms with van der Waals surface area (Å²) in [5.74, 6) is 0.136. The highest BCUT2D eigenvalue weighted by atomic mass is 16.2. The largest absolute Gasteiger partial charge is 0.369 e. The molecule has 0 bridgehead atoms. The SMILES string of the molecule is CCN1CCN(c2ccc(C(=O)N3CC[C@@H](N)C[C@@H]3C)cc2)CC1. The molecular formula is C19H30N4O. The van der Waals surface area contributed by atoms with Gasteiger partial charge in [0.15, 0.2) is 0 Å². The van der Waals surface area contributed by atoms with Gasteiger partial charge in [-0.2, -0.15) is 0 Å². The smallest absolute Gasteiger partial charge is 0.254 e. The van der Waals surface area contributed by atoms with E-state index in [-0.39, 0.29) is 18.0 Å². The third-order valence-electron chi connectivity index (χ3n) is 5.48. The van der Waals surface area contributed by atoms with Gasteiger partial charge < -0.3 is 20.4 Å². The first-order valence-corrected chi connectivity index (χ1v) is 9.22. The van der Waals surface area contributed by atoms with E-state index in [0.29, 0.717) is 0 Å². The third kappa shape index (κ3) is 3.73. The summed E-state index contributed by atoms with van der Waals surface area (Å²) in [5.41, 5.74) is 8.01. The van der Waals surface area contributed by atoms with Crippen molar-refractivity contribution in [3.8, 4) is 0 Å². The van der Waals surface area contributed by atoms with E-state index in [0.717, 1.165) is 57.7 Å². The van der Waals surface area contributed by atoms with Gasteiger partial charge in [0.05, 0.1) is 0 Å². The Morgan fingerprint density at radius 3 is 2.38 bits per heavy atom. The van der Waals surface area contributed by atoms with Crippen LogP contribution in [0.2, 0.25) is 0 Å². The molecule has 2 saturated heterocycles. The van der Waals surface area contributed by atoms with E-state index in [2.05, 4.69) is 35.8 Å². The Morgan fingerprint density at radius 2 is 1.79 bits per heavy atom. The molecule has 1 amide bonds. The van der Waals surface area contributed by atoms with Gasteiger partial charge in [0.1, 0.15) is 0 Å². The zero-order valence-electron chi connectivity index (χ0n) is 14.9. The summed E-state index contributed by atoms with van der Waals surface area (Å²) in [4.78, 5) is 19.6. The Bertz CT molecular complexity index is 551. The summed E-state index contributed by atoms with van der Waals surface area (Å²) in [6.07, 6.45) is 1.79. The number of nitrogens with two attached hydrogens (primary N) is 1. The third-order valence-corrected chi connectivity index (χ3v) is 5.48. The Kier molecular flexibility index (Phi) is 5.41. The van der Waals surface area contributed by atoms with Crippen LogP contribution in [0, 0.1) is 0 Å². The van der Waals surface area contributed by atoms with Gasteiger partial charge in [0.25, 0.3) is 5.91 Å². The van der Waals surface area contributed by atoms with Gasteiger partial charge in [0, 0.05) is 56.1 Å². The van der Waals surface area contributed by atoms with Crippen LogP contribution in [-0.4, -0.2) is 67.1 Å². The fraction of sp³-hybridized carbons (Fsp3) is 0.632. The van der Waals surface area contributed by atoms with Gasteiger partial charge >= 0.3 is 0 Å². The van der Waals surface area contributed by atoms with Gasteiger partial charge in [0.2, 0.25) is 0 Å². The quantitative estimate of drug-likeness (QED) is 0.918. The lowest BCUT2D eigenvalue weighted by Gasteiger charge is -2.37. The molecule has 2 atom stereocenters. The maximum Gasteiger partial charge on any atom is 0.254 e. The second-order valence-electron chi connectivity index (χ2n) is 7.10. The van der Waals surface area contributed by atoms with Crippen LogP contribution < -0.4 is 10.6 Å². The van der Waals surface area contributed by atoms with Crippen molar-refractivity contribution in [2.75, 3.05) is 44.2 Å². The van der Waals surface area contributed by atoms with Crippen molar-refractivity contribution in [1.82, 2.24) is 9.80 Å². The number of carbonyl (C=O) groups is 1. The summed E-state index contributed by atoms with van der Waals surface area (Å²) >= 11 is 0. The lowest BCUT2D eigenvalue weighted by atomic mass is 9.98. The number of hydrogen-bond donors (Lipinski definition) is 1. The molecule has 24 heavy (non-hydrogen) atoms. The van der Waals surface area contributed by atoms with Crippen LogP contribution in [0.25, 0.3) is 0 Å². The highest BCUT2D eigenvalue weighted by Gasteiger charge is 2.27. The van der Waals surface area contributed by atoms with Gasteiger partial charge in [-0.15, -0.1) is 0 Å². The standard InChI is InChI=1S/C19H30N4O/c1-3-21-10-12-22(13-11-21)18-6-4-16(5-7-18)19(24)23-9-8-17(20)14-15(23)2/h4-7,15,17H,3,8-14,20H2,1-2H3/t15-,17+/m0/s1. The number of piperidine rings is 1. The zero-order valence-corrected chi connectivity index (χ0v) is 14.9. The molecule has 5 nitrogen and oxygen atoms in total. The van der Waals surface area contributed by atoms with E-state index >= 15 is 0 Å². The van der Waals surface area contributed by atoms with E-state index in [1.165, 1.54) is 5.69 Å². The van der Waals surface area contributed by atoms with Crippen molar-refractivity contribution in [2.45, 2.75) is 38.8 Å². The van der Waals surface area contributed by atoms with Crippen LogP contribution in [-0.2, 0) is 0 Å². The van der Waals surface area contributed by atoms with Crippen molar-refractivity contribution in [3.63, 3.8) is 0 Å². The molecule has 0 aliphatic carbocycles. The second-order valence-corrected chi connectivity index (χ2v) is 7.10. The van der Waals surface area contributed by atoms with E-state index in [1.807, 2.05) is 17.0 Å². The number of likely N-dealkylation sites (tertiary alicyclic amines) is 1. The summed E-state index contributed by atoms with van der Waals surface area (Å²) in [5, 5.41) is 0. The molecule has 1 aromatic carbocycles. The first-order chi connectivity index (χ1) is 11.6. The summed E-state index contributed by atoms with van der Waals surface area (Å²) in [6.45, 7) is 10.5. The Hall–Kier alpha value is -1.59. The van der Waals surface area contributed by atoms with Crippen molar-refractivity contribution in [3.05, 3.63) is 29.8 Å². The van der Waals surface area contributed by atoms with Crippen LogP contribution in [0.1, 0.15) is 37.0 Å². The van der Waals surface area contributed by atoms with Crippen LogP contribution in [0.4, 0.5) is 5.69 Å². The average molecular weight is 330 g/mol. The lowest BCUT2D eigenvalue weighted by molar-refractivity contribution is 0.0619. The van der Waals surface area contributed by atoms with Crippen LogP contribution in [0.5, 0.6) is 0 Å². The minimum Gasteiger partial charge on any atom is -0.369 e. The van der Waals surface area contributed by atoms with E-state index in [4.69, 9.17) is 5.73 Å². The van der Waals surface area contributed by atoms with Crippen molar-refractivity contribution in [2.24, 2.45) is 5.73 Å². The number of carbonyl (C=O) groups excluding carboxylic acids is 1. The topological polar surface area (TPSA) is 52.8 Å². The van der Waals surface area contributed by atoms with Crippen LogP contribution >= 0.6 is 0 Å². The number of rotatable bonds is 3. The molecule has 132 valence electrons. The molecule has 1 aromatic rings. The fourth-order valence-corrected chi connectivity index (χ4v) is 3.81. The van der Waals surface area contributed by atoms with E-state index in [1.54, 1.807) is 0 Å². The number of anilines is 1. The molecule has 2 heterocycles. The molecule has 5 heteroatoms. The molecule has 0 aromatic heterocycles. The monoisotopic (exact) mass is 330 g/mol. The molecule has 0 spiro atoms. The highest BCUT2D eigenvalue weighted by Crippen LogP contribution is 2.21. The second kappa shape index (κ2) is 7.53. The molecule has 2 aliphatic heterocycles. The Morgan fingerprint density at radius 1 is 1.12 bits per heavy atom. The number of likely N-dealkylation sites (N-methyl/N-ethyl adjacent to an activating group) is 1. The van der Waals surface area contributed by atoms with Crippen molar-refractivity contribution < 1.29 is 4.79 Å². The molecule has 2 aliphatic rings. The minimum absolute atomic E-state index is 0.136. The maximum absolute atomic E-state index is 12.8. The normalized spacial score (nSPS) is 25.8. The number of nitrogens with zero attached hydrogens (tertiary/aromatic N) is 3. The maximum atomic E-state index is 12.8. The average Bonchev–Trinajstić information content (AvgIpc) is 2.61. The van der Waals surface area contributed by atoms with Crippen LogP contribution in [0.15, 0.2) is 24.3 Å². The summed E-state index contributed by atoms with van der Waals surface area (Å²) in [6, 6.07) is 8.59. The minimum atomic E-state index is 0.136. The number of amides is 1. The van der Waals surface area contributed by atoms with Crippen molar-refractivity contribution >= 4 is 11.6 Å². The van der Waals surface area contributed by atoms with Crippen molar-refractivity contribution in [1.29, 1.82) is 0 Å². The van der Waals surface area contributed by atoms with Gasteiger partial charge in [-0.05, 0) is 50.6 Å². The Balaban J connectivity index is 1.63. The molecular weight excluding hydrogens is 300 g/mol. The first-order valence-electron chi connectivity index (χ1n) is 9.22. The van der Waals surface area contributed by atoms with Gasteiger partial charge in [-0.25, -0.2) is 0 Å². The number of benzene rings is 1. The summed E-state index contributed by atoms with van der Waals surface area (Å²) < 4.78 is 0. The number of piperazine rings is 1. The summed E-state index contributed by atoms with van der Waals surface area (Å²) in [7, 11) is 0.